The molecule has 0 spiro atoms. The van der Waals surface area contributed by atoms with E-state index in [4.69, 9.17) is 0 Å². The van der Waals surface area contributed by atoms with E-state index in [2.05, 4.69) is 29.5 Å². The Morgan fingerprint density at radius 2 is 1.62 bits per heavy atom. The van der Waals surface area contributed by atoms with Gasteiger partial charge >= 0.3 is 0 Å². The fourth-order valence-corrected chi connectivity index (χ4v) is 3.88. The first-order chi connectivity index (χ1) is 10.1. The zero-order valence-corrected chi connectivity index (χ0v) is 14.8. The maximum absolute atomic E-state index is 12.9. The molecule has 0 atom stereocenters. The summed E-state index contributed by atoms with van der Waals surface area (Å²) in [5.41, 5.74) is 0.713. The van der Waals surface area contributed by atoms with Crippen molar-refractivity contribution in [3.63, 3.8) is 0 Å². The lowest BCUT2D eigenvalue weighted by molar-refractivity contribution is 0.588. The van der Waals surface area contributed by atoms with Crippen molar-refractivity contribution in [2.45, 2.75) is 24.7 Å². The number of hydrogen-bond donors (Lipinski definition) is 0. The van der Waals surface area contributed by atoms with Gasteiger partial charge in [-0.3, -0.25) is 4.31 Å². The Balaban J connectivity index is 2.42. The molecular formula is C16H18INO2S. The number of unbranched alkanes of at least 4 members (excludes halogenated alkanes) is 1. The minimum Gasteiger partial charge on any atom is -0.266 e. The predicted molar refractivity (Wildman–Crippen MR) is 95.0 cm³/mol. The minimum atomic E-state index is -3.51. The third-order valence-corrected chi connectivity index (χ3v) is 5.72. The lowest BCUT2D eigenvalue weighted by atomic mass is 10.3. The van der Waals surface area contributed by atoms with E-state index in [9.17, 15) is 8.42 Å². The molecule has 112 valence electrons. The highest BCUT2D eigenvalue weighted by Gasteiger charge is 2.24. The van der Waals surface area contributed by atoms with Gasteiger partial charge in [0.1, 0.15) is 0 Å². The van der Waals surface area contributed by atoms with Crippen LogP contribution in [0.15, 0.2) is 59.5 Å². The summed E-state index contributed by atoms with van der Waals surface area (Å²) >= 11 is 2.17. The van der Waals surface area contributed by atoms with Gasteiger partial charge in [0.25, 0.3) is 10.0 Å². The van der Waals surface area contributed by atoms with Gasteiger partial charge in [-0.1, -0.05) is 31.5 Å². The summed E-state index contributed by atoms with van der Waals surface area (Å²) in [6.07, 6.45) is 1.78. The van der Waals surface area contributed by atoms with Crippen LogP contribution in [0.2, 0.25) is 0 Å². The van der Waals surface area contributed by atoms with Gasteiger partial charge in [0.05, 0.1) is 10.6 Å². The molecule has 2 aromatic carbocycles. The highest BCUT2D eigenvalue weighted by Crippen LogP contribution is 2.24. The molecule has 0 aliphatic carbocycles. The number of halogens is 1. The average Bonchev–Trinajstić information content (AvgIpc) is 2.49. The molecule has 0 saturated heterocycles. The molecule has 0 heterocycles. The molecule has 0 saturated carbocycles. The third-order valence-electron chi connectivity index (χ3n) is 3.16. The van der Waals surface area contributed by atoms with Gasteiger partial charge in [-0.05, 0) is 65.4 Å². The van der Waals surface area contributed by atoms with Crippen LogP contribution in [0.25, 0.3) is 0 Å². The molecule has 2 aromatic rings. The Morgan fingerprint density at radius 1 is 1.00 bits per heavy atom. The summed E-state index contributed by atoms with van der Waals surface area (Å²) in [4.78, 5) is 0.336. The molecule has 5 heteroatoms. The lowest BCUT2D eigenvalue weighted by Gasteiger charge is -2.24. The van der Waals surface area contributed by atoms with Crippen molar-refractivity contribution in [1.29, 1.82) is 0 Å². The van der Waals surface area contributed by atoms with E-state index in [1.165, 1.54) is 4.31 Å². The number of sulfonamides is 1. The maximum Gasteiger partial charge on any atom is 0.264 e. The molecule has 0 aliphatic heterocycles. The van der Waals surface area contributed by atoms with E-state index in [-0.39, 0.29) is 0 Å². The number of nitrogens with zero attached hydrogens (tertiary/aromatic N) is 1. The third kappa shape index (κ3) is 3.97. The molecule has 0 N–H and O–H groups in total. The first kappa shape index (κ1) is 16.3. The second-order valence-corrected chi connectivity index (χ2v) is 7.83. The van der Waals surface area contributed by atoms with E-state index in [0.717, 1.165) is 16.4 Å². The molecule has 0 radical (unpaired) electrons. The van der Waals surface area contributed by atoms with Crippen molar-refractivity contribution in [2.75, 3.05) is 10.8 Å². The lowest BCUT2D eigenvalue weighted by Crippen LogP contribution is -2.32. The zero-order valence-electron chi connectivity index (χ0n) is 11.9. The number of para-hydroxylation sites is 1. The summed E-state index contributed by atoms with van der Waals surface area (Å²) in [5, 5.41) is 0. The molecule has 0 fully saturated rings. The van der Waals surface area contributed by atoms with Crippen molar-refractivity contribution in [3.05, 3.63) is 58.2 Å². The Kier molecular flexibility index (Phi) is 5.64. The quantitative estimate of drug-likeness (QED) is 0.661. The minimum absolute atomic E-state index is 0.336. The molecule has 0 unspecified atom stereocenters. The van der Waals surface area contributed by atoms with E-state index in [1.54, 1.807) is 12.1 Å². The van der Waals surface area contributed by atoms with Gasteiger partial charge in [0.2, 0.25) is 0 Å². The fraction of sp³-hybridized carbons (Fsp3) is 0.250. The van der Waals surface area contributed by atoms with E-state index < -0.39 is 10.0 Å². The zero-order chi connectivity index (χ0) is 15.3. The SMILES string of the molecule is CCCCN(c1ccccc1)S(=O)(=O)c1ccc(I)cc1. The van der Waals surface area contributed by atoms with Crippen LogP contribution in [0.5, 0.6) is 0 Å². The van der Waals surface area contributed by atoms with E-state index in [1.807, 2.05) is 42.5 Å². The van der Waals surface area contributed by atoms with E-state index in [0.29, 0.717) is 17.1 Å². The Bertz CT molecular complexity index is 669. The van der Waals surface area contributed by atoms with Crippen LogP contribution in [0.4, 0.5) is 5.69 Å². The topological polar surface area (TPSA) is 37.4 Å². The first-order valence-electron chi connectivity index (χ1n) is 6.89. The number of anilines is 1. The molecule has 3 nitrogen and oxygen atoms in total. The van der Waals surface area contributed by atoms with Crippen LogP contribution >= 0.6 is 22.6 Å². The van der Waals surface area contributed by atoms with Crippen molar-refractivity contribution in [1.82, 2.24) is 0 Å². The maximum atomic E-state index is 12.9. The van der Waals surface area contributed by atoms with Crippen molar-refractivity contribution < 1.29 is 8.42 Å². The summed E-state index contributed by atoms with van der Waals surface area (Å²) in [5.74, 6) is 0. The molecule has 21 heavy (non-hydrogen) atoms. The molecule has 0 aromatic heterocycles. The molecule has 0 aliphatic rings. The Labute approximate surface area is 140 Å². The van der Waals surface area contributed by atoms with Crippen LogP contribution in [-0.4, -0.2) is 15.0 Å². The molecule has 2 rings (SSSR count). The van der Waals surface area contributed by atoms with Crippen molar-refractivity contribution in [3.8, 4) is 0 Å². The fourth-order valence-electron chi connectivity index (χ4n) is 2.02. The van der Waals surface area contributed by atoms with Gasteiger partial charge in [0, 0.05) is 10.1 Å². The van der Waals surface area contributed by atoms with E-state index >= 15 is 0 Å². The van der Waals surface area contributed by atoms with Crippen molar-refractivity contribution >= 4 is 38.3 Å². The smallest absolute Gasteiger partial charge is 0.264 e. The number of hydrogen-bond acceptors (Lipinski definition) is 2. The van der Waals surface area contributed by atoms with Crippen LogP contribution in [0.1, 0.15) is 19.8 Å². The van der Waals surface area contributed by atoms with Gasteiger partial charge in [-0.25, -0.2) is 8.42 Å². The summed E-state index contributed by atoms with van der Waals surface area (Å²) in [7, 11) is -3.51. The predicted octanol–water partition coefficient (Wildman–Crippen LogP) is 4.29. The normalized spacial score (nSPS) is 11.3. The standard InChI is InChI=1S/C16H18INO2S/c1-2-3-13-18(15-7-5-4-6-8-15)21(19,20)16-11-9-14(17)10-12-16/h4-12H,2-3,13H2,1H3. The van der Waals surface area contributed by atoms with Crippen LogP contribution in [-0.2, 0) is 10.0 Å². The summed E-state index contributed by atoms with van der Waals surface area (Å²) in [6.45, 7) is 2.55. The second-order valence-electron chi connectivity index (χ2n) is 4.72. The van der Waals surface area contributed by atoms with Gasteiger partial charge in [0.15, 0.2) is 0 Å². The number of rotatable bonds is 6. The van der Waals surface area contributed by atoms with Gasteiger partial charge < -0.3 is 0 Å². The Morgan fingerprint density at radius 3 is 2.19 bits per heavy atom. The summed E-state index contributed by atoms with van der Waals surface area (Å²) < 4.78 is 28.3. The van der Waals surface area contributed by atoms with Crippen LogP contribution in [0.3, 0.4) is 0 Å². The highest BCUT2D eigenvalue weighted by atomic mass is 127. The monoisotopic (exact) mass is 415 g/mol. The second kappa shape index (κ2) is 7.26. The molecular weight excluding hydrogens is 397 g/mol. The van der Waals surface area contributed by atoms with Crippen LogP contribution in [0, 0.1) is 3.57 Å². The summed E-state index contributed by atoms with van der Waals surface area (Å²) in [6, 6.07) is 16.2. The Hall–Kier alpha value is -1.08. The highest BCUT2D eigenvalue weighted by molar-refractivity contribution is 14.1. The largest absolute Gasteiger partial charge is 0.266 e. The van der Waals surface area contributed by atoms with Gasteiger partial charge in [-0.2, -0.15) is 0 Å². The van der Waals surface area contributed by atoms with Crippen molar-refractivity contribution in [2.24, 2.45) is 0 Å². The number of benzene rings is 2. The first-order valence-corrected chi connectivity index (χ1v) is 9.41. The van der Waals surface area contributed by atoms with Gasteiger partial charge in [-0.15, -0.1) is 0 Å². The molecule has 0 bridgehead atoms. The average molecular weight is 415 g/mol. The molecule has 0 amide bonds. The van der Waals surface area contributed by atoms with Crippen LogP contribution < -0.4 is 4.31 Å².